The number of aromatic nitrogens is 3. The molecule has 28 heavy (non-hydrogen) atoms. The van der Waals surface area contributed by atoms with Gasteiger partial charge in [0.1, 0.15) is 0 Å². The molecule has 1 aliphatic rings. The molecule has 4 aromatic rings. The molecule has 1 aliphatic heterocycles. The van der Waals surface area contributed by atoms with Gasteiger partial charge in [-0.25, -0.2) is 0 Å². The summed E-state index contributed by atoms with van der Waals surface area (Å²) in [5.41, 5.74) is 7.33. The molecule has 3 heterocycles. The van der Waals surface area contributed by atoms with Crippen LogP contribution in [0.3, 0.4) is 0 Å². The Morgan fingerprint density at radius 2 is 1.86 bits per heavy atom. The van der Waals surface area contributed by atoms with Crippen molar-refractivity contribution in [1.82, 2.24) is 19.7 Å². The van der Waals surface area contributed by atoms with Crippen molar-refractivity contribution in [3.05, 3.63) is 83.3 Å². The Labute approximate surface area is 163 Å². The van der Waals surface area contributed by atoms with Crippen LogP contribution in [0, 0.1) is 6.92 Å². The average Bonchev–Trinajstić information content (AvgIpc) is 3.24. The topological polar surface area (TPSA) is 51.0 Å². The van der Waals surface area contributed by atoms with Crippen LogP contribution in [0.1, 0.15) is 27.2 Å². The summed E-state index contributed by atoms with van der Waals surface area (Å²) in [6.45, 7) is 3.31. The molecular formula is C23H20N4O. The first-order valence-electron chi connectivity index (χ1n) is 9.35. The van der Waals surface area contributed by atoms with Crippen molar-refractivity contribution < 1.29 is 4.79 Å². The number of rotatable bonds is 3. The highest BCUT2D eigenvalue weighted by Gasteiger charge is 2.27. The SMILES string of the molecule is Cc1c(-c2ccc(CN3Cc4ncccc4C3=O)cc2)ccc2nn(C)cc12. The van der Waals surface area contributed by atoms with Gasteiger partial charge in [0, 0.05) is 31.4 Å². The zero-order valence-corrected chi connectivity index (χ0v) is 15.9. The zero-order valence-electron chi connectivity index (χ0n) is 15.9. The molecule has 0 N–H and O–H groups in total. The highest BCUT2D eigenvalue weighted by Crippen LogP contribution is 2.30. The average molecular weight is 368 g/mol. The smallest absolute Gasteiger partial charge is 0.256 e. The van der Waals surface area contributed by atoms with Gasteiger partial charge in [-0.1, -0.05) is 30.3 Å². The largest absolute Gasteiger partial charge is 0.328 e. The number of benzene rings is 2. The summed E-state index contributed by atoms with van der Waals surface area (Å²) in [5, 5.41) is 5.66. The minimum absolute atomic E-state index is 0.0602. The Morgan fingerprint density at radius 3 is 2.64 bits per heavy atom. The molecule has 2 aromatic heterocycles. The van der Waals surface area contributed by atoms with Crippen LogP contribution < -0.4 is 0 Å². The van der Waals surface area contributed by atoms with E-state index in [1.807, 2.05) is 28.8 Å². The second-order valence-corrected chi connectivity index (χ2v) is 7.33. The number of carbonyl (C=O) groups excluding carboxylic acids is 1. The monoisotopic (exact) mass is 368 g/mol. The summed E-state index contributed by atoms with van der Waals surface area (Å²) in [4.78, 5) is 18.7. The highest BCUT2D eigenvalue weighted by molar-refractivity contribution is 5.97. The van der Waals surface area contributed by atoms with Crippen LogP contribution >= 0.6 is 0 Å². The predicted octanol–water partition coefficient (Wildman–Crippen LogP) is 4.10. The van der Waals surface area contributed by atoms with Crippen LogP contribution in [-0.2, 0) is 20.1 Å². The fraction of sp³-hybridized carbons (Fsp3) is 0.174. The Morgan fingerprint density at radius 1 is 1.04 bits per heavy atom. The third-order valence-electron chi connectivity index (χ3n) is 5.46. The van der Waals surface area contributed by atoms with E-state index in [0.717, 1.165) is 22.3 Å². The maximum absolute atomic E-state index is 12.5. The van der Waals surface area contributed by atoms with Crippen LogP contribution in [0.4, 0.5) is 0 Å². The van der Waals surface area contributed by atoms with Crippen molar-refractivity contribution in [3.63, 3.8) is 0 Å². The quantitative estimate of drug-likeness (QED) is 0.547. The van der Waals surface area contributed by atoms with E-state index in [1.165, 1.54) is 22.1 Å². The molecular weight excluding hydrogens is 348 g/mol. The van der Waals surface area contributed by atoms with Crippen LogP contribution in [0.5, 0.6) is 0 Å². The van der Waals surface area contributed by atoms with Gasteiger partial charge in [0.25, 0.3) is 5.91 Å². The van der Waals surface area contributed by atoms with Crippen LogP contribution in [-0.4, -0.2) is 25.6 Å². The second kappa shape index (κ2) is 6.30. The molecule has 0 atom stereocenters. The third kappa shape index (κ3) is 2.67. The van der Waals surface area contributed by atoms with Gasteiger partial charge in [0.2, 0.25) is 0 Å². The predicted molar refractivity (Wildman–Crippen MR) is 109 cm³/mol. The summed E-state index contributed by atoms with van der Waals surface area (Å²) in [5.74, 6) is 0.0602. The maximum atomic E-state index is 12.5. The first-order valence-corrected chi connectivity index (χ1v) is 9.35. The molecule has 0 saturated heterocycles. The standard InChI is InChI=1S/C23H20N4O/c1-15-18(9-10-21-20(15)13-26(2)25-21)17-7-5-16(6-8-17)12-27-14-22-19(23(27)28)4-3-11-24-22/h3-11,13H,12,14H2,1-2H3. The molecule has 0 aliphatic carbocycles. The zero-order chi connectivity index (χ0) is 19.3. The Bertz CT molecular complexity index is 1210. The number of fused-ring (bicyclic) bond motifs is 2. The Balaban J connectivity index is 1.40. The third-order valence-corrected chi connectivity index (χ3v) is 5.46. The number of nitrogens with zero attached hydrogens (tertiary/aromatic N) is 4. The number of aryl methyl sites for hydroxylation is 2. The van der Waals surface area contributed by atoms with Crippen molar-refractivity contribution in [3.8, 4) is 11.1 Å². The highest BCUT2D eigenvalue weighted by atomic mass is 16.2. The fourth-order valence-electron chi connectivity index (χ4n) is 3.98. The van der Waals surface area contributed by atoms with Gasteiger partial charge in [-0.15, -0.1) is 0 Å². The van der Waals surface area contributed by atoms with Crippen molar-refractivity contribution in [2.45, 2.75) is 20.0 Å². The summed E-state index contributed by atoms with van der Waals surface area (Å²) >= 11 is 0. The Hall–Kier alpha value is -3.47. The number of amides is 1. The molecule has 0 bridgehead atoms. The molecule has 0 fully saturated rings. The van der Waals surface area contributed by atoms with E-state index < -0.39 is 0 Å². The van der Waals surface area contributed by atoms with Gasteiger partial charge in [-0.3, -0.25) is 14.5 Å². The van der Waals surface area contributed by atoms with E-state index in [2.05, 4.69) is 59.6 Å². The van der Waals surface area contributed by atoms with Crippen LogP contribution in [0.2, 0.25) is 0 Å². The lowest BCUT2D eigenvalue weighted by Gasteiger charge is -2.16. The van der Waals surface area contributed by atoms with E-state index in [1.54, 1.807) is 6.20 Å². The maximum Gasteiger partial charge on any atom is 0.256 e. The molecule has 1 amide bonds. The molecule has 138 valence electrons. The number of hydrogen-bond donors (Lipinski definition) is 0. The van der Waals surface area contributed by atoms with Crippen LogP contribution in [0.25, 0.3) is 22.0 Å². The van der Waals surface area contributed by atoms with Gasteiger partial charge in [0.15, 0.2) is 0 Å². The van der Waals surface area contributed by atoms with Gasteiger partial charge in [0.05, 0.1) is 23.3 Å². The van der Waals surface area contributed by atoms with Gasteiger partial charge in [-0.05, 0) is 47.4 Å². The van der Waals surface area contributed by atoms with Crippen molar-refractivity contribution >= 4 is 16.8 Å². The molecule has 2 aromatic carbocycles. The molecule has 5 rings (SSSR count). The molecule has 0 radical (unpaired) electrons. The van der Waals surface area contributed by atoms with Crippen molar-refractivity contribution in [2.24, 2.45) is 7.05 Å². The van der Waals surface area contributed by atoms with Gasteiger partial charge < -0.3 is 4.90 Å². The van der Waals surface area contributed by atoms with Gasteiger partial charge >= 0.3 is 0 Å². The summed E-state index contributed by atoms with van der Waals surface area (Å²) in [6.07, 6.45) is 3.80. The first kappa shape index (κ1) is 16.7. The normalized spacial score (nSPS) is 13.4. The second-order valence-electron chi connectivity index (χ2n) is 7.33. The molecule has 5 nitrogen and oxygen atoms in total. The van der Waals surface area contributed by atoms with E-state index >= 15 is 0 Å². The summed E-state index contributed by atoms with van der Waals surface area (Å²) in [6, 6.07) is 16.3. The van der Waals surface area contributed by atoms with E-state index in [4.69, 9.17) is 0 Å². The molecule has 5 heteroatoms. The van der Waals surface area contributed by atoms with E-state index in [0.29, 0.717) is 13.1 Å². The number of carbonyl (C=O) groups is 1. The summed E-state index contributed by atoms with van der Waals surface area (Å²) < 4.78 is 1.85. The Kier molecular flexibility index (Phi) is 3.76. The van der Waals surface area contributed by atoms with E-state index in [-0.39, 0.29) is 5.91 Å². The van der Waals surface area contributed by atoms with Crippen LogP contribution in [0.15, 0.2) is 60.9 Å². The minimum atomic E-state index is 0.0602. The fourth-order valence-corrected chi connectivity index (χ4v) is 3.98. The first-order chi connectivity index (χ1) is 13.6. The minimum Gasteiger partial charge on any atom is -0.328 e. The molecule has 0 spiro atoms. The van der Waals surface area contributed by atoms with Crippen molar-refractivity contribution in [2.75, 3.05) is 0 Å². The lowest BCUT2D eigenvalue weighted by molar-refractivity contribution is 0.0766. The molecule has 0 unspecified atom stereocenters. The number of hydrogen-bond acceptors (Lipinski definition) is 3. The number of pyridine rings is 1. The summed E-state index contributed by atoms with van der Waals surface area (Å²) in [7, 11) is 1.95. The van der Waals surface area contributed by atoms with E-state index in [9.17, 15) is 4.79 Å². The molecule has 0 saturated carbocycles. The van der Waals surface area contributed by atoms with Gasteiger partial charge in [-0.2, -0.15) is 5.10 Å². The lowest BCUT2D eigenvalue weighted by atomic mass is 9.97. The van der Waals surface area contributed by atoms with Crippen molar-refractivity contribution in [1.29, 1.82) is 0 Å². The lowest BCUT2D eigenvalue weighted by Crippen LogP contribution is -2.23.